The van der Waals surface area contributed by atoms with Crippen LogP contribution in [0.25, 0.3) is 0 Å². The van der Waals surface area contributed by atoms with Crippen LogP contribution in [0.3, 0.4) is 0 Å². The van der Waals surface area contributed by atoms with E-state index in [0.717, 1.165) is 12.0 Å². The first-order chi connectivity index (χ1) is 9.27. The Morgan fingerprint density at radius 3 is 2.68 bits per heavy atom. The number of ether oxygens (including phenoxy) is 3. The van der Waals surface area contributed by atoms with E-state index in [-0.39, 0.29) is 11.6 Å². The van der Waals surface area contributed by atoms with Crippen LogP contribution >= 0.6 is 0 Å². The van der Waals surface area contributed by atoms with Crippen molar-refractivity contribution in [3.8, 4) is 5.75 Å². The normalized spacial score (nSPS) is 10.7. The summed E-state index contributed by atoms with van der Waals surface area (Å²) >= 11 is 0. The molecule has 0 spiro atoms. The lowest BCUT2D eigenvalue weighted by atomic mass is 10.2. The molecule has 1 rings (SSSR count). The smallest absolute Gasteiger partial charge is 0.165 e. The molecule has 0 amide bonds. The molecule has 1 N–H and O–H groups in total. The van der Waals surface area contributed by atoms with Crippen LogP contribution in [0.5, 0.6) is 5.75 Å². The van der Waals surface area contributed by atoms with Gasteiger partial charge in [-0.15, -0.1) is 0 Å². The minimum absolute atomic E-state index is 0.264. The maximum atomic E-state index is 13.6. The Balaban J connectivity index is 2.22. The van der Waals surface area contributed by atoms with E-state index in [1.807, 2.05) is 13.1 Å². The lowest BCUT2D eigenvalue weighted by molar-refractivity contribution is 0.0797. The zero-order valence-electron chi connectivity index (χ0n) is 11.6. The fourth-order valence-corrected chi connectivity index (χ4v) is 1.59. The lowest BCUT2D eigenvalue weighted by Gasteiger charge is -2.09. The van der Waals surface area contributed by atoms with Crippen LogP contribution < -0.4 is 10.1 Å². The standard InChI is InChI=1S/C14H22FNO3/c1-16-11-12-4-5-14(13(15)10-12)19-9-8-18-7-3-6-17-2/h4-5,10,16H,3,6-9,11H2,1-2H3. The minimum atomic E-state index is -0.341. The van der Waals surface area contributed by atoms with Crippen molar-refractivity contribution in [1.29, 1.82) is 0 Å². The number of halogens is 1. The molecule has 0 heterocycles. The van der Waals surface area contributed by atoms with Gasteiger partial charge in [-0.05, 0) is 31.2 Å². The van der Waals surface area contributed by atoms with Gasteiger partial charge in [0.25, 0.3) is 0 Å². The summed E-state index contributed by atoms with van der Waals surface area (Å²) in [5.41, 5.74) is 0.892. The molecule has 0 aliphatic heterocycles. The molecule has 0 aliphatic rings. The van der Waals surface area contributed by atoms with Crippen LogP contribution in [0, 0.1) is 5.82 Å². The average molecular weight is 271 g/mol. The maximum Gasteiger partial charge on any atom is 0.165 e. The van der Waals surface area contributed by atoms with Crippen molar-refractivity contribution in [2.45, 2.75) is 13.0 Å². The highest BCUT2D eigenvalue weighted by atomic mass is 19.1. The summed E-state index contributed by atoms with van der Waals surface area (Å²) in [5, 5.41) is 2.97. The lowest BCUT2D eigenvalue weighted by Crippen LogP contribution is -2.10. The molecule has 0 fully saturated rings. The Kier molecular flexibility index (Phi) is 8.13. The first-order valence-electron chi connectivity index (χ1n) is 6.40. The molecule has 0 aliphatic carbocycles. The molecule has 108 valence electrons. The quantitative estimate of drug-likeness (QED) is 0.661. The van der Waals surface area contributed by atoms with E-state index >= 15 is 0 Å². The monoisotopic (exact) mass is 271 g/mol. The summed E-state index contributed by atoms with van der Waals surface area (Å²) in [4.78, 5) is 0. The first-order valence-corrected chi connectivity index (χ1v) is 6.40. The van der Waals surface area contributed by atoms with E-state index in [1.165, 1.54) is 6.07 Å². The summed E-state index contributed by atoms with van der Waals surface area (Å²) in [6.07, 6.45) is 0.851. The second-order valence-corrected chi connectivity index (χ2v) is 4.10. The van der Waals surface area contributed by atoms with Crippen LogP contribution in [0.1, 0.15) is 12.0 Å². The van der Waals surface area contributed by atoms with E-state index in [4.69, 9.17) is 14.2 Å². The molecular formula is C14H22FNO3. The third-order valence-electron chi connectivity index (χ3n) is 2.50. The van der Waals surface area contributed by atoms with Crippen molar-refractivity contribution in [1.82, 2.24) is 5.32 Å². The summed E-state index contributed by atoms with van der Waals surface area (Å²) < 4.78 is 29.2. The molecule has 0 bridgehead atoms. The zero-order chi connectivity index (χ0) is 13.9. The molecule has 4 nitrogen and oxygen atoms in total. The van der Waals surface area contributed by atoms with Crippen molar-refractivity contribution in [2.24, 2.45) is 0 Å². The van der Waals surface area contributed by atoms with Gasteiger partial charge in [-0.3, -0.25) is 0 Å². The second-order valence-electron chi connectivity index (χ2n) is 4.10. The van der Waals surface area contributed by atoms with Crippen molar-refractivity contribution in [2.75, 3.05) is 40.6 Å². The Bertz CT molecular complexity index is 361. The van der Waals surface area contributed by atoms with Gasteiger partial charge in [0.2, 0.25) is 0 Å². The summed E-state index contributed by atoms with van der Waals surface area (Å²) in [6, 6.07) is 4.96. The van der Waals surface area contributed by atoms with E-state index in [1.54, 1.807) is 13.2 Å². The van der Waals surface area contributed by atoms with E-state index in [0.29, 0.717) is 33.0 Å². The van der Waals surface area contributed by atoms with E-state index < -0.39 is 0 Å². The van der Waals surface area contributed by atoms with Crippen LogP contribution in [0.4, 0.5) is 4.39 Å². The SMILES string of the molecule is CNCc1ccc(OCCOCCCOC)c(F)c1. The zero-order valence-corrected chi connectivity index (χ0v) is 11.6. The Hall–Kier alpha value is -1.17. The highest BCUT2D eigenvalue weighted by Crippen LogP contribution is 2.18. The van der Waals surface area contributed by atoms with Gasteiger partial charge in [0.15, 0.2) is 11.6 Å². The summed E-state index contributed by atoms with van der Waals surface area (Å²) in [6.45, 7) is 2.74. The second kappa shape index (κ2) is 9.72. The summed E-state index contributed by atoms with van der Waals surface area (Å²) in [7, 11) is 3.48. The molecule has 0 aromatic heterocycles. The van der Waals surface area contributed by atoms with Gasteiger partial charge in [0.1, 0.15) is 6.61 Å². The van der Waals surface area contributed by atoms with Gasteiger partial charge in [-0.1, -0.05) is 6.07 Å². The van der Waals surface area contributed by atoms with Crippen LogP contribution in [-0.2, 0) is 16.0 Å². The predicted molar refractivity (Wildman–Crippen MR) is 72.0 cm³/mol. The molecule has 0 saturated carbocycles. The van der Waals surface area contributed by atoms with Gasteiger partial charge in [0.05, 0.1) is 6.61 Å². The van der Waals surface area contributed by atoms with Crippen molar-refractivity contribution >= 4 is 0 Å². The Morgan fingerprint density at radius 2 is 2.00 bits per heavy atom. The minimum Gasteiger partial charge on any atom is -0.488 e. The Morgan fingerprint density at radius 1 is 1.16 bits per heavy atom. The maximum absolute atomic E-state index is 13.6. The van der Waals surface area contributed by atoms with Gasteiger partial charge >= 0.3 is 0 Å². The van der Waals surface area contributed by atoms with Crippen molar-refractivity contribution < 1.29 is 18.6 Å². The van der Waals surface area contributed by atoms with Gasteiger partial charge in [0, 0.05) is 26.9 Å². The Labute approximate surface area is 113 Å². The van der Waals surface area contributed by atoms with Gasteiger partial charge in [-0.2, -0.15) is 0 Å². The number of hydrogen-bond donors (Lipinski definition) is 1. The van der Waals surface area contributed by atoms with Gasteiger partial charge in [-0.25, -0.2) is 4.39 Å². The number of methoxy groups -OCH3 is 1. The molecular weight excluding hydrogens is 249 g/mol. The number of rotatable bonds is 10. The number of nitrogens with one attached hydrogen (secondary N) is 1. The molecule has 19 heavy (non-hydrogen) atoms. The third-order valence-corrected chi connectivity index (χ3v) is 2.50. The van der Waals surface area contributed by atoms with Crippen LogP contribution in [0.2, 0.25) is 0 Å². The molecule has 0 atom stereocenters. The summed E-state index contributed by atoms with van der Waals surface area (Å²) in [5.74, 6) is -0.0764. The van der Waals surface area contributed by atoms with E-state index in [9.17, 15) is 4.39 Å². The fourth-order valence-electron chi connectivity index (χ4n) is 1.59. The fraction of sp³-hybridized carbons (Fsp3) is 0.571. The molecule has 0 unspecified atom stereocenters. The highest BCUT2D eigenvalue weighted by molar-refractivity contribution is 5.29. The molecule has 0 saturated heterocycles. The predicted octanol–water partition coefficient (Wildman–Crippen LogP) is 1.98. The average Bonchev–Trinajstić information content (AvgIpc) is 2.40. The van der Waals surface area contributed by atoms with Crippen LogP contribution in [-0.4, -0.2) is 40.6 Å². The highest BCUT2D eigenvalue weighted by Gasteiger charge is 2.04. The number of benzene rings is 1. The van der Waals surface area contributed by atoms with Crippen molar-refractivity contribution in [3.63, 3.8) is 0 Å². The first kappa shape index (κ1) is 15.9. The topological polar surface area (TPSA) is 39.7 Å². The molecule has 1 aromatic rings. The number of hydrogen-bond acceptors (Lipinski definition) is 4. The van der Waals surface area contributed by atoms with Crippen molar-refractivity contribution in [3.05, 3.63) is 29.6 Å². The van der Waals surface area contributed by atoms with Gasteiger partial charge < -0.3 is 19.5 Å². The van der Waals surface area contributed by atoms with E-state index in [2.05, 4.69) is 5.32 Å². The largest absolute Gasteiger partial charge is 0.488 e. The molecule has 1 aromatic carbocycles. The molecule has 0 radical (unpaired) electrons. The third kappa shape index (κ3) is 6.52. The molecule has 5 heteroatoms. The van der Waals surface area contributed by atoms with Crippen LogP contribution in [0.15, 0.2) is 18.2 Å².